The zero-order valence-corrected chi connectivity index (χ0v) is 14.8. The fraction of sp³-hybridized carbons (Fsp3) is 0.211. The number of nitrogen functional groups attached to an aromatic ring is 1. The highest BCUT2D eigenvalue weighted by atomic mass is 16.5. The Hall–Kier alpha value is -3.55. The number of anilines is 2. The number of nitrogens with one attached hydrogen (secondary N) is 2. The van der Waals surface area contributed by atoms with E-state index in [-0.39, 0.29) is 11.5 Å². The molecule has 0 saturated heterocycles. The molecule has 0 bridgehead atoms. The van der Waals surface area contributed by atoms with Gasteiger partial charge >= 0.3 is 5.97 Å². The Labute approximate surface area is 156 Å². The lowest BCUT2D eigenvalue weighted by atomic mass is 10.1. The summed E-state index contributed by atoms with van der Waals surface area (Å²) in [7, 11) is 0. The zero-order chi connectivity index (χ0) is 19.8. The van der Waals surface area contributed by atoms with Crippen molar-refractivity contribution in [3.63, 3.8) is 0 Å². The molecule has 0 fully saturated rings. The molecule has 5 N–H and O–H groups in total. The number of rotatable bonds is 8. The van der Waals surface area contributed by atoms with Crippen LogP contribution >= 0.6 is 0 Å². The highest BCUT2D eigenvalue weighted by Gasteiger charge is 2.11. The van der Waals surface area contributed by atoms with Gasteiger partial charge in [-0.3, -0.25) is 14.4 Å². The lowest BCUT2D eigenvalue weighted by Crippen LogP contribution is -2.29. The molecule has 0 aliphatic rings. The van der Waals surface area contributed by atoms with Crippen molar-refractivity contribution in [2.24, 2.45) is 0 Å². The zero-order valence-electron chi connectivity index (χ0n) is 14.8. The summed E-state index contributed by atoms with van der Waals surface area (Å²) in [5.41, 5.74) is 7.43. The van der Waals surface area contributed by atoms with E-state index in [0.717, 1.165) is 6.42 Å². The third-order valence-corrected chi connectivity index (χ3v) is 3.54. The summed E-state index contributed by atoms with van der Waals surface area (Å²) in [6.45, 7) is 2.07. The fourth-order valence-corrected chi connectivity index (χ4v) is 2.20. The van der Waals surface area contributed by atoms with Crippen molar-refractivity contribution in [2.75, 3.05) is 24.2 Å². The molecule has 27 heavy (non-hydrogen) atoms. The van der Waals surface area contributed by atoms with Crippen LogP contribution in [0, 0.1) is 0 Å². The van der Waals surface area contributed by atoms with Gasteiger partial charge < -0.3 is 26.2 Å². The van der Waals surface area contributed by atoms with Crippen molar-refractivity contribution in [3.8, 4) is 5.75 Å². The Kier molecular flexibility index (Phi) is 6.76. The number of benzene rings is 2. The van der Waals surface area contributed by atoms with Crippen LogP contribution in [0.4, 0.5) is 11.4 Å². The van der Waals surface area contributed by atoms with Crippen LogP contribution in [0.1, 0.15) is 34.1 Å². The first-order chi connectivity index (χ1) is 12.9. The maximum Gasteiger partial charge on any atom is 0.322 e. The van der Waals surface area contributed by atoms with Crippen molar-refractivity contribution in [1.82, 2.24) is 5.32 Å². The minimum absolute atomic E-state index is 0.288. The lowest BCUT2D eigenvalue weighted by Gasteiger charge is -2.10. The number of ether oxygens (including phenoxy) is 1. The standard InChI is InChI=1S/C19H21N3O5/c1-2-9-27-16-8-5-13(10-15(16)20)19(26)22-14-6-3-12(4-7-14)18(25)21-11-17(23)24/h3-8,10H,2,9,11,20H2,1H3,(H,21,25)(H,22,26)(H,23,24). The van der Waals surface area contributed by atoms with E-state index in [2.05, 4.69) is 10.6 Å². The molecule has 0 aromatic heterocycles. The van der Waals surface area contributed by atoms with Crippen LogP contribution < -0.4 is 21.1 Å². The molecular formula is C19H21N3O5. The summed E-state index contributed by atoms with van der Waals surface area (Å²) >= 11 is 0. The molecule has 0 unspecified atom stereocenters. The Morgan fingerprint density at radius 3 is 2.30 bits per heavy atom. The van der Waals surface area contributed by atoms with Gasteiger partial charge in [0.1, 0.15) is 12.3 Å². The molecule has 8 heteroatoms. The molecule has 0 spiro atoms. The van der Waals surface area contributed by atoms with Gasteiger partial charge in [0.25, 0.3) is 11.8 Å². The molecule has 0 saturated carbocycles. The Bertz CT molecular complexity index is 834. The van der Waals surface area contributed by atoms with E-state index in [1.807, 2.05) is 6.92 Å². The van der Waals surface area contributed by atoms with Crippen LogP contribution in [-0.4, -0.2) is 36.0 Å². The van der Waals surface area contributed by atoms with Crippen LogP contribution in [-0.2, 0) is 4.79 Å². The molecule has 2 aromatic carbocycles. The third-order valence-electron chi connectivity index (χ3n) is 3.54. The van der Waals surface area contributed by atoms with Crippen LogP contribution in [0.25, 0.3) is 0 Å². The summed E-state index contributed by atoms with van der Waals surface area (Å²) in [6.07, 6.45) is 0.853. The minimum atomic E-state index is -1.13. The molecule has 142 valence electrons. The van der Waals surface area contributed by atoms with Crippen LogP contribution in [0.3, 0.4) is 0 Å². The molecule has 0 aliphatic carbocycles. The Morgan fingerprint density at radius 2 is 1.70 bits per heavy atom. The first-order valence-corrected chi connectivity index (χ1v) is 8.34. The van der Waals surface area contributed by atoms with Crippen molar-refractivity contribution in [3.05, 3.63) is 53.6 Å². The average molecular weight is 371 g/mol. The topological polar surface area (TPSA) is 131 Å². The smallest absolute Gasteiger partial charge is 0.322 e. The number of nitrogens with two attached hydrogens (primary N) is 1. The maximum atomic E-state index is 12.3. The van der Waals surface area contributed by atoms with Gasteiger partial charge in [0, 0.05) is 16.8 Å². The van der Waals surface area contributed by atoms with Crippen LogP contribution in [0.2, 0.25) is 0 Å². The normalized spacial score (nSPS) is 10.1. The Morgan fingerprint density at radius 1 is 1.04 bits per heavy atom. The van der Waals surface area contributed by atoms with Gasteiger partial charge in [-0.15, -0.1) is 0 Å². The lowest BCUT2D eigenvalue weighted by molar-refractivity contribution is -0.135. The van der Waals surface area contributed by atoms with Gasteiger partial charge in [0.2, 0.25) is 0 Å². The van der Waals surface area contributed by atoms with E-state index in [4.69, 9.17) is 15.6 Å². The second kappa shape index (κ2) is 9.23. The first kappa shape index (κ1) is 19.8. The molecule has 2 aromatic rings. The quantitative estimate of drug-likeness (QED) is 0.526. The van der Waals surface area contributed by atoms with E-state index in [9.17, 15) is 14.4 Å². The fourth-order valence-electron chi connectivity index (χ4n) is 2.20. The summed E-state index contributed by atoms with van der Waals surface area (Å²) in [4.78, 5) is 34.6. The summed E-state index contributed by atoms with van der Waals surface area (Å²) in [5.74, 6) is -1.46. The molecule has 2 amide bonds. The number of aliphatic carboxylic acids is 1. The van der Waals surface area contributed by atoms with Gasteiger partial charge in [-0.2, -0.15) is 0 Å². The average Bonchev–Trinajstić information content (AvgIpc) is 2.65. The predicted molar refractivity (Wildman–Crippen MR) is 101 cm³/mol. The molecule has 0 aliphatic heterocycles. The number of amides is 2. The molecule has 2 rings (SSSR count). The van der Waals surface area contributed by atoms with E-state index in [0.29, 0.717) is 29.3 Å². The SMILES string of the molecule is CCCOc1ccc(C(=O)Nc2ccc(C(=O)NCC(=O)O)cc2)cc1N. The first-order valence-electron chi connectivity index (χ1n) is 8.34. The number of hydrogen-bond acceptors (Lipinski definition) is 5. The number of carboxylic acids is 1. The number of carbonyl (C=O) groups excluding carboxylic acids is 2. The molecular weight excluding hydrogens is 350 g/mol. The predicted octanol–water partition coefficient (Wildman–Crippen LogP) is 2.12. The van der Waals surface area contributed by atoms with Crippen molar-refractivity contribution in [1.29, 1.82) is 0 Å². The van der Waals surface area contributed by atoms with Crippen LogP contribution in [0.5, 0.6) is 5.75 Å². The highest BCUT2D eigenvalue weighted by molar-refractivity contribution is 6.05. The van der Waals surface area contributed by atoms with Crippen molar-refractivity contribution < 1.29 is 24.2 Å². The largest absolute Gasteiger partial charge is 0.491 e. The molecule has 0 atom stereocenters. The van der Waals surface area contributed by atoms with E-state index in [1.165, 1.54) is 18.2 Å². The number of carboxylic acid groups (broad SMARTS) is 1. The highest BCUT2D eigenvalue weighted by Crippen LogP contribution is 2.23. The maximum absolute atomic E-state index is 12.3. The molecule has 8 nitrogen and oxygen atoms in total. The number of hydrogen-bond donors (Lipinski definition) is 4. The number of carbonyl (C=O) groups is 3. The molecule has 0 heterocycles. The summed E-state index contributed by atoms with van der Waals surface area (Å²) in [5, 5.41) is 13.5. The van der Waals surface area contributed by atoms with Crippen molar-refractivity contribution in [2.45, 2.75) is 13.3 Å². The third kappa shape index (κ3) is 5.74. The monoisotopic (exact) mass is 371 g/mol. The minimum Gasteiger partial charge on any atom is -0.491 e. The second-order valence-corrected chi connectivity index (χ2v) is 5.71. The second-order valence-electron chi connectivity index (χ2n) is 5.71. The van der Waals surface area contributed by atoms with Gasteiger partial charge in [-0.25, -0.2) is 0 Å². The summed E-state index contributed by atoms with van der Waals surface area (Å²) in [6, 6.07) is 10.9. The Balaban J connectivity index is 2.00. The van der Waals surface area contributed by atoms with E-state index >= 15 is 0 Å². The van der Waals surface area contributed by atoms with Gasteiger partial charge in [0.15, 0.2) is 0 Å². The van der Waals surface area contributed by atoms with Crippen molar-refractivity contribution >= 4 is 29.2 Å². The van der Waals surface area contributed by atoms with E-state index in [1.54, 1.807) is 24.3 Å². The van der Waals surface area contributed by atoms with E-state index < -0.39 is 18.4 Å². The summed E-state index contributed by atoms with van der Waals surface area (Å²) < 4.78 is 5.48. The van der Waals surface area contributed by atoms with Gasteiger partial charge in [0.05, 0.1) is 12.3 Å². The van der Waals surface area contributed by atoms with Gasteiger partial charge in [-0.05, 0) is 48.9 Å². The van der Waals surface area contributed by atoms with Gasteiger partial charge in [-0.1, -0.05) is 6.92 Å². The molecule has 0 radical (unpaired) electrons. The van der Waals surface area contributed by atoms with Crippen LogP contribution in [0.15, 0.2) is 42.5 Å².